The van der Waals surface area contributed by atoms with Crippen molar-refractivity contribution in [1.29, 1.82) is 0 Å². The summed E-state index contributed by atoms with van der Waals surface area (Å²) in [5, 5.41) is 2.84. The van der Waals surface area contributed by atoms with Gasteiger partial charge in [0, 0.05) is 30.3 Å². The third-order valence-electron chi connectivity index (χ3n) is 4.69. The molecule has 1 heterocycles. The maximum absolute atomic E-state index is 13.8. The number of rotatable bonds is 5. The van der Waals surface area contributed by atoms with Crippen molar-refractivity contribution in [2.45, 2.75) is 18.9 Å². The molecule has 1 aliphatic carbocycles. The number of pyridine rings is 1. The standard InChI is InChI=1S/C22H17FN2O3/c23-18-9-3-4-10-20(18)28-22-14(6-5-11-24-22)13-25-21(27)17-12-19(26)16-8-2-1-7-15(16)17/h1-11,17H,12-13H2,(H,25,27). The maximum Gasteiger partial charge on any atom is 0.228 e. The van der Waals surface area contributed by atoms with E-state index in [4.69, 9.17) is 4.74 Å². The number of carbonyl (C=O) groups excluding carboxylic acids is 2. The fraction of sp³-hybridized carbons (Fsp3) is 0.136. The molecule has 1 unspecified atom stereocenters. The molecule has 0 fully saturated rings. The quantitative estimate of drug-likeness (QED) is 0.731. The number of fused-ring (bicyclic) bond motifs is 1. The number of hydrogen-bond acceptors (Lipinski definition) is 4. The van der Waals surface area contributed by atoms with E-state index in [0.29, 0.717) is 11.1 Å². The van der Waals surface area contributed by atoms with Crippen LogP contribution in [0.5, 0.6) is 11.6 Å². The average molecular weight is 376 g/mol. The van der Waals surface area contributed by atoms with E-state index in [-0.39, 0.29) is 36.3 Å². The second kappa shape index (κ2) is 7.60. The van der Waals surface area contributed by atoms with E-state index in [2.05, 4.69) is 10.3 Å². The van der Waals surface area contributed by atoms with Crippen molar-refractivity contribution in [2.24, 2.45) is 0 Å². The first-order valence-corrected chi connectivity index (χ1v) is 8.89. The lowest BCUT2D eigenvalue weighted by molar-refractivity contribution is -0.122. The van der Waals surface area contributed by atoms with Gasteiger partial charge in [0.25, 0.3) is 0 Å². The van der Waals surface area contributed by atoms with Crippen LogP contribution in [0.3, 0.4) is 0 Å². The Morgan fingerprint density at radius 3 is 2.75 bits per heavy atom. The Morgan fingerprint density at radius 2 is 1.89 bits per heavy atom. The highest BCUT2D eigenvalue weighted by atomic mass is 19.1. The van der Waals surface area contributed by atoms with E-state index in [0.717, 1.165) is 5.56 Å². The molecule has 28 heavy (non-hydrogen) atoms. The predicted molar refractivity (Wildman–Crippen MR) is 101 cm³/mol. The first-order valence-electron chi connectivity index (χ1n) is 8.89. The zero-order valence-corrected chi connectivity index (χ0v) is 14.9. The first kappa shape index (κ1) is 17.9. The van der Waals surface area contributed by atoms with Crippen LogP contribution in [-0.4, -0.2) is 16.7 Å². The molecule has 0 saturated carbocycles. The Labute approximate surface area is 161 Å². The highest BCUT2D eigenvalue weighted by Gasteiger charge is 2.33. The van der Waals surface area contributed by atoms with Crippen molar-refractivity contribution >= 4 is 11.7 Å². The normalized spacial score (nSPS) is 15.2. The van der Waals surface area contributed by atoms with Gasteiger partial charge in [-0.1, -0.05) is 42.5 Å². The van der Waals surface area contributed by atoms with Gasteiger partial charge in [-0.2, -0.15) is 0 Å². The van der Waals surface area contributed by atoms with Crippen LogP contribution in [0.4, 0.5) is 4.39 Å². The largest absolute Gasteiger partial charge is 0.436 e. The van der Waals surface area contributed by atoms with Gasteiger partial charge >= 0.3 is 0 Å². The monoisotopic (exact) mass is 376 g/mol. The van der Waals surface area contributed by atoms with Crippen LogP contribution < -0.4 is 10.1 Å². The van der Waals surface area contributed by atoms with Gasteiger partial charge < -0.3 is 10.1 Å². The molecular weight excluding hydrogens is 359 g/mol. The summed E-state index contributed by atoms with van der Waals surface area (Å²) in [5.41, 5.74) is 1.96. The number of ketones is 1. The molecule has 3 aromatic rings. The fourth-order valence-electron chi connectivity index (χ4n) is 3.28. The van der Waals surface area contributed by atoms with E-state index in [1.807, 2.05) is 6.07 Å². The Bertz CT molecular complexity index is 1050. The highest BCUT2D eigenvalue weighted by molar-refractivity contribution is 6.06. The summed E-state index contributed by atoms with van der Waals surface area (Å²) in [6.45, 7) is 0.156. The highest BCUT2D eigenvalue weighted by Crippen LogP contribution is 2.33. The van der Waals surface area contributed by atoms with Crippen LogP contribution in [0.25, 0.3) is 0 Å². The SMILES string of the molecule is O=C1CC(C(=O)NCc2cccnc2Oc2ccccc2F)c2ccccc21. The van der Waals surface area contributed by atoms with Crippen molar-refractivity contribution in [3.8, 4) is 11.6 Å². The van der Waals surface area contributed by atoms with E-state index in [9.17, 15) is 14.0 Å². The lowest BCUT2D eigenvalue weighted by atomic mass is 10.0. The van der Waals surface area contributed by atoms with Crippen LogP contribution in [0, 0.1) is 5.82 Å². The summed E-state index contributed by atoms with van der Waals surface area (Å²) in [6.07, 6.45) is 1.70. The van der Waals surface area contributed by atoms with E-state index >= 15 is 0 Å². The van der Waals surface area contributed by atoms with Crippen molar-refractivity contribution < 1.29 is 18.7 Å². The Hall–Kier alpha value is -3.54. The van der Waals surface area contributed by atoms with Gasteiger partial charge in [-0.25, -0.2) is 9.37 Å². The lowest BCUT2D eigenvalue weighted by Crippen LogP contribution is -2.28. The molecule has 0 bridgehead atoms. The number of nitrogens with zero attached hydrogens (tertiary/aromatic N) is 1. The van der Waals surface area contributed by atoms with Gasteiger partial charge in [0.1, 0.15) is 0 Å². The van der Waals surface area contributed by atoms with Crippen molar-refractivity contribution in [3.63, 3.8) is 0 Å². The molecule has 1 N–H and O–H groups in total. The molecule has 1 aromatic heterocycles. The van der Waals surface area contributed by atoms with Crippen LogP contribution in [0.1, 0.15) is 33.8 Å². The third-order valence-corrected chi connectivity index (χ3v) is 4.69. The number of aromatic nitrogens is 1. The molecule has 0 saturated heterocycles. The summed E-state index contributed by atoms with van der Waals surface area (Å²) >= 11 is 0. The molecule has 0 spiro atoms. The Balaban J connectivity index is 1.48. The van der Waals surface area contributed by atoms with Crippen LogP contribution >= 0.6 is 0 Å². The summed E-state index contributed by atoms with van der Waals surface area (Å²) in [4.78, 5) is 28.9. The smallest absolute Gasteiger partial charge is 0.228 e. The van der Waals surface area contributed by atoms with E-state index in [1.165, 1.54) is 18.3 Å². The Morgan fingerprint density at radius 1 is 1.11 bits per heavy atom. The number of halogens is 1. The molecule has 4 rings (SSSR count). The predicted octanol–water partition coefficient (Wildman–Crippen LogP) is 4.00. The number of para-hydroxylation sites is 1. The van der Waals surface area contributed by atoms with Crippen LogP contribution in [0.15, 0.2) is 66.9 Å². The molecule has 2 aromatic carbocycles. The van der Waals surface area contributed by atoms with E-state index < -0.39 is 11.7 Å². The number of nitrogens with one attached hydrogen (secondary N) is 1. The minimum Gasteiger partial charge on any atom is -0.436 e. The minimum atomic E-state index is -0.503. The Kier molecular flexibility index (Phi) is 4.85. The summed E-state index contributed by atoms with van der Waals surface area (Å²) < 4.78 is 19.4. The van der Waals surface area contributed by atoms with Gasteiger partial charge in [0.05, 0.1) is 5.92 Å². The third kappa shape index (κ3) is 3.49. The van der Waals surface area contributed by atoms with Gasteiger partial charge in [0.2, 0.25) is 11.8 Å². The van der Waals surface area contributed by atoms with Crippen LogP contribution in [-0.2, 0) is 11.3 Å². The topological polar surface area (TPSA) is 68.3 Å². The van der Waals surface area contributed by atoms with Crippen molar-refractivity contribution in [2.75, 3.05) is 0 Å². The molecule has 6 heteroatoms. The number of Topliss-reactive ketones (excluding diaryl/α,β-unsaturated/α-hetero) is 1. The summed E-state index contributed by atoms with van der Waals surface area (Å²) in [6, 6.07) is 16.7. The zero-order chi connectivity index (χ0) is 19.5. The fourth-order valence-corrected chi connectivity index (χ4v) is 3.28. The molecule has 1 amide bonds. The minimum absolute atomic E-state index is 0.0271. The lowest BCUT2D eigenvalue weighted by Gasteiger charge is -2.14. The number of ether oxygens (including phenoxy) is 1. The number of amides is 1. The summed E-state index contributed by atoms with van der Waals surface area (Å²) in [7, 11) is 0. The first-order chi connectivity index (χ1) is 13.6. The van der Waals surface area contributed by atoms with Gasteiger partial charge in [-0.15, -0.1) is 0 Å². The van der Waals surface area contributed by atoms with Gasteiger partial charge in [0.15, 0.2) is 17.3 Å². The number of benzene rings is 2. The van der Waals surface area contributed by atoms with Gasteiger partial charge in [-0.05, 0) is 23.8 Å². The number of carbonyl (C=O) groups is 2. The van der Waals surface area contributed by atoms with Crippen molar-refractivity contribution in [1.82, 2.24) is 10.3 Å². The number of hydrogen-bond donors (Lipinski definition) is 1. The molecular formula is C22H17FN2O3. The van der Waals surface area contributed by atoms with Crippen LogP contribution in [0.2, 0.25) is 0 Å². The summed E-state index contributed by atoms with van der Waals surface area (Å²) in [5.74, 6) is -0.986. The molecule has 140 valence electrons. The van der Waals surface area contributed by atoms with E-state index in [1.54, 1.807) is 42.5 Å². The zero-order valence-electron chi connectivity index (χ0n) is 14.9. The molecule has 0 radical (unpaired) electrons. The average Bonchev–Trinajstić information content (AvgIpc) is 3.06. The molecule has 0 aliphatic heterocycles. The molecule has 1 aliphatic rings. The molecule has 1 atom stereocenters. The maximum atomic E-state index is 13.8. The van der Waals surface area contributed by atoms with Gasteiger partial charge in [-0.3, -0.25) is 9.59 Å². The van der Waals surface area contributed by atoms with Crippen molar-refractivity contribution in [3.05, 3.63) is 89.4 Å². The second-order valence-corrected chi connectivity index (χ2v) is 6.49. The molecule has 5 nitrogen and oxygen atoms in total. The second-order valence-electron chi connectivity index (χ2n) is 6.49.